The molecule has 32 heavy (non-hydrogen) atoms. The van der Waals surface area contributed by atoms with Crippen LogP contribution in [0.4, 0.5) is 17.1 Å². The summed E-state index contributed by atoms with van der Waals surface area (Å²) in [6, 6.07) is 18.9. The molecule has 164 valence electrons. The maximum absolute atomic E-state index is 12.7. The zero-order valence-electron chi connectivity index (χ0n) is 17.8. The van der Waals surface area contributed by atoms with Crippen molar-refractivity contribution >= 4 is 28.9 Å². The predicted octanol–water partition coefficient (Wildman–Crippen LogP) is 4.62. The van der Waals surface area contributed by atoms with Gasteiger partial charge in [-0.1, -0.05) is 42.5 Å². The summed E-state index contributed by atoms with van der Waals surface area (Å²) in [5.74, 6) is -1.34. The summed E-state index contributed by atoms with van der Waals surface area (Å²) in [5.41, 5.74) is 3.64. The molecule has 0 aromatic heterocycles. The van der Waals surface area contributed by atoms with Gasteiger partial charge in [0.15, 0.2) is 6.61 Å². The zero-order valence-corrected chi connectivity index (χ0v) is 17.8. The maximum Gasteiger partial charge on any atom is 0.341 e. The van der Waals surface area contributed by atoms with Gasteiger partial charge in [-0.25, -0.2) is 4.79 Å². The standard InChI is InChI=1S/C24H23N3O5/c1-16-7-6-10-21(17(16)2)26-23(28)15-32-24(29)20-13-19(27(30)31)11-12-22(20)25-14-18-8-4-3-5-9-18/h3-13,25H,14-15H2,1-2H3,(H,26,28). The first-order valence-corrected chi connectivity index (χ1v) is 9.94. The second-order valence-corrected chi connectivity index (χ2v) is 7.20. The average molecular weight is 433 g/mol. The number of nitrogens with zero attached hydrogens (tertiary/aromatic N) is 1. The Morgan fingerprint density at radius 3 is 2.44 bits per heavy atom. The van der Waals surface area contributed by atoms with E-state index in [0.717, 1.165) is 22.8 Å². The Bertz CT molecular complexity index is 1150. The SMILES string of the molecule is Cc1cccc(NC(=O)COC(=O)c2cc([N+](=O)[O-])ccc2NCc2ccccc2)c1C. The van der Waals surface area contributed by atoms with Gasteiger partial charge in [-0.2, -0.15) is 0 Å². The van der Waals surface area contributed by atoms with Gasteiger partial charge in [0.25, 0.3) is 11.6 Å². The Morgan fingerprint density at radius 1 is 0.969 bits per heavy atom. The Kier molecular flexibility index (Phi) is 7.17. The van der Waals surface area contributed by atoms with E-state index in [-0.39, 0.29) is 11.3 Å². The van der Waals surface area contributed by atoms with Crippen LogP contribution in [0.15, 0.2) is 66.7 Å². The highest BCUT2D eigenvalue weighted by molar-refractivity contribution is 5.99. The number of carbonyl (C=O) groups is 2. The number of hydrogen-bond acceptors (Lipinski definition) is 6. The van der Waals surface area contributed by atoms with Crippen LogP contribution in [0.2, 0.25) is 0 Å². The highest BCUT2D eigenvalue weighted by Gasteiger charge is 2.19. The molecule has 0 bridgehead atoms. The number of rotatable bonds is 8. The maximum atomic E-state index is 12.7. The minimum atomic E-state index is -0.833. The summed E-state index contributed by atoms with van der Waals surface area (Å²) < 4.78 is 5.15. The van der Waals surface area contributed by atoms with Gasteiger partial charge < -0.3 is 15.4 Å². The summed E-state index contributed by atoms with van der Waals surface area (Å²) in [6.45, 7) is 3.70. The Labute approximate surface area is 185 Å². The van der Waals surface area contributed by atoms with Crippen molar-refractivity contribution in [3.8, 4) is 0 Å². The van der Waals surface area contributed by atoms with Gasteiger partial charge in [0.2, 0.25) is 0 Å². The first kappa shape index (κ1) is 22.5. The number of amides is 1. The van der Waals surface area contributed by atoms with Crippen molar-refractivity contribution in [1.82, 2.24) is 0 Å². The molecule has 0 unspecified atom stereocenters. The third-order valence-electron chi connectivity index (χ3n) is 4.97. The number of carbonyl (C=O) groups excluding carboxylic acids is 2. The largest absolute Gasteiger partial charge is 0.452 e. The van der Waals surface area contributed by atoms with Gasteiger partial charge in [0.1, 0.15) is 0 Å². The molecule has 0 atom stereocenters. The van der Waals surface area contributed by atoms with E-state index in [4.69, 9.17) is 4.74 Å². The summed E-state index contributed by atoms with van der Waals surface area (Å²) in [7, 11) is 0. The number of non-ortho nitro benzene ring substituents is 1. The second kappa shape index (κ2) is 10.2. The number of hydrogen-bond donors (Lipinski definition) is 2. The highest BCUT2D eigenvalue weighted by Crippen LogP contribution is 2.24. The fraction of sp³-hybridized carbons (Fsp3) is 0.167. The van der Waals surface area contributed by atoms with Crippen LogP contribution in [0.3, 0.4) is 0 Å². The van der Waals surface area contributed by atoms with Crippen LogP contribution < -0.4 is 10.6 Å². The first-order chi connectivity index (χ1) is 15.3. The van der Waals surface area contributed by atoms with E-state index >= 15 is 0 Å². The molecule has 8 heteroatoms. The number of nitrogens with one attached hydrogen (secondary N) is 2. The molecular weight excluding hydrogens is 410 g/mol. The number of esters is 1. The van der Waals surface area contributed by atoms with Crippen molar-refractivity contribution in [2.75, 3.05) is 17.2 Å². The van der Waals surface area contributed by atoms with Crippen LogP contribution in [-0.2, 0) is 16.1 Å². The van der Waals surface area contributed by atoms with E-state index in [0.29, 0.717) is 17.9 Å². The van der Waals surface area contributed by atoms with Crippen LogP contribution >= 0.6 is 0 Å². The molecule has 1 amide bonds. The quantitative estimate of drug-likeness (QED) is 0.305. The summed E-state index contributed by atoms with van der Waals surface area (Å²) in [6.07, 6.45) is 0. The van der Waals surface area contributed by atoms with E-state index in [9.17, 15) is 19.7 Å². The zero-order chi connectivity index (χ0) is 23.1. The molecule has 8 nitrogen and oxygen atoms in total. The van der Waals surface area contributed by atoms with Gasteiger partial charge in [0.05, 0.1) is 10.5 Å². The minimum absolute atomic E-state index is 0.0188. The third-order valence-corrected chi connectivity index (χ3v) is 4.97. The lowest BCUT2D eigenvalue weighted by Crippen LogP contribution is -2.22. The number of ether oxygens (including phenoxy) is 1. The van der Waals surface area contributed by atoms with Gasteiger partial charge in [-0.05, 0) is 42.7 Å². The van der Waals surface area contributed by atoms with Crippen molar-refractivity contribution in [2.45, 2.75) is 20.4 Å². The molecule has 0 spiro atoms. The predicted molar refractivity (Wildman–Crippen MR) is 122 cm³/mol. The smallest absolute Gasteiger partial charge is 0.341 e. The van der Waals surface area contributed by atoms with Gasteiger partial charge in [0, 0.05) is 30.1 Å². The number of nitro benzene ring substituents is 1. The fourth-order valence-corrected chi connectivity index (χ4v) is 3.04. The van der Waals surface area contributed by atoms with Crippen LogP contribution in [0.5, 0.6) is 0 Å². The molecule has 3 aromatic rings. The van der Waals surface area contributed by atoms with Crippen LogP contribution in [0.25, 0.3) is 0 Å². The number of anilines is 2. The molecule has 3 aromatic carbocycles. The number of benzene rings is 3. The first-order valence-electron chi connectivity index (χ1n) is 9.94. The van der Waals surface area contributed by atoms with Crippen molar-refractivity contribution < 1.29 is 19.2 Å². The molecule has 0 fully saturated rings. The highest BCUT2D eigenvalue weighted by atomic mass is 16.6. The number of nitro groups is 1. The van der Waals surface area contributed by atoms with E-state index in [1.54, 1.807) is 6.07 Å². The third kappa shape index (κ3) is 5.69. The Hall–Kier alpha value is -4.20. The van der Waals surface area contributed by atoms with Crippen molar-refractivity contribution in [3.05, 3.63) is 99.1 Å². The van der Waals surface area contributed by atoms with Gasteiger partial charge >= 0.3 is 5.97 Å². The molecule has 0 radical (unpaired) electrons. The van der Waals surface area contributed by atoms with Gasteiger partial charge in [-0.3, -0.25) is 14.9 Å². The molecule has 0 aliphatic carbocycles. The molecule has 0 aliphatic heterocycles. The molecule has 3 rings (SSSR count). The molecule has 0 saturated carbocycles. The molecule has 0 heterocycles. The summed E-state index contributed by atoms with van der Waals surface area (Å²) in [4.78, 5) is 35.5. The lowest BCUT2D eigenvalue weighted by atomic mass is 10.1. The Balaban J connectivity index is 1.70. The van der Waals surface area contributed by atoms with Crippen LogP contribution in [0.1, 0.15) is 27.0 Å². The lowest BCUT2D eigenvalue weighted by molar-refractivity contribution is -0.384. The van der Waals surface area contributed by atoms with Crippen molar-refractivity contribution in [1.29, 1.82) is 0 Å². The van der Waals surface area contributed by atoms with E-state index < -0.39 is 23.4 Å². The van der Waals surface area contributed by atoms with Crippen molar-refractivity contribution in [3.63, 3.8) is 0 Å². The minimum Gasteiger partial charge on any atom is -0.452 e. The van der Waals surface area contributed by atoms with Crippen LogP contribution in [0, 0.1) is 24.0 Å². The summed E-state index contributed by atoms with van der Waals surface area (Å²) >= 11 is 0. The Morgan fingerprint density at radius 2 is 1.72 bits per heavy atom. The normalized spacial score (nSPS) is 10.3. The summed E-state index contributed by atoms with van der Waals surface area (Å²) in [5, 5.41) is 17.0. The monoisotopic (exact) mass is 433 g/mol. The fourth-order valence-electron chi connectivity index (χ4n) is 3.04. The lowest BCUT2D eigenvalue weighted by Gasteiger charge is -2.13. The topological polar surface area (TPSA) is 111 Å². The molecular formula is C24H23N3O5. The van der Waals surface area contributed by atoms with E-state index in [1.165, 1.54) is 12.1 Å². The second-order valence-electron chi connectivity index (χ2n) is 7.20. The van der Waals surface area contributed by atoms with Crippen LogP contribution in [-0.4, -0.2) is 23.4 Å². The van der Waals surface area contributed by atoms with Gasteiger partial charge in [-0.15, -0.1) is 0 Å². The van der Waals surface area contributed by atoms with Crippen molar-refractivity contribution in [2.24, 2.45) is 0 Å². The molecule has 2 N–H and O–H groups in total. The molecule has 0 aliphatic rings. The van der Waals surface area contributed by atoms with E-state index in [1.807, 2.05) is 56.3 Å². The van der Waals surface area contributed by atoms with E-state index in [2.05, 4.69) is 10.6 Å². The number of aryl methyl sites for hydroxylation is 1. The average Bonchev–Trinajstić information content (AvgIpc) is 2.79. The molecule has 0 saturated heterocycles.